The van der Waals surface area contributed by atoms with Gasteiger partial charge in [0.1, 0.15) is 12.0 Å². The number of hydrogen-bond acceptors (Lipinski definition) is 4. The maximum atomic E-state index is 11.3. The largest absolute Gasteiger partial charge is 0.481 e. The maximum absolute atomic E-state index is 11.3. The molecule has 18 heavy (non-hydrogen) atoms. The molecule has 1 heterocycles. The van der Waals surface area contributed by atoms with Gasteiger partial charge in [0, 0.05) is 30.9 Å². The predicted molar refractivity (Wildman–Crippen MR) is 64.1 cm³/mol. The van der Waals surface area contributed by atoms with E-state index in [2.05, 4.69) is 0 Å². The van der Waals surface area contributed by atoms with Crippen LogP contribution in [0.15, 0.2) is 48.2 Å². The number of nitrogens with zero attached hydrogens (tertiary/aromatic N) is 1. The van der Waals surface area contributed by atoms with Gasteiger partial charge in [0.2, 0.25) is 0 Å². The van der Waals surface area contributed by atoms with Crippen molar-refractivity contribution in [2.75, 3.05) is 6.54 Å². The van der Waals surface area contributed by atoms with Crippen molar-refractivity contribution in [3.63, 3.8) is 0 Å². The summed E-state index contributed by atoms with van der Waals surface area (Å²) < 4.78 is 5.34. The molecule has 94 valence electrons. The van der Waals surface area contributed by atoms with Gasteiger partial charge in [-0.3, -0.25) is 9.59 Å². The van der Waals surface area contributed by atoms with Gasteiger partial charge in [-0.2, -0.15) is 0 Å². The lowest BCUT2D eigenvalue weighted by atomic mass is 10.0. The molecule has 2 aliphatic rings. The highest BCUT2D eigenvalue weighted by Crippen LogP contribution is 2.23. The zero-order valence-electron chi connectivity index (χ0n) is 9.70. The highest BCUT2D eigenvalue weighted by atomic mass is 16.5. The summed E-state index contributed by atoms with van der Waals surface area (Å²) in [7, 11) is 0. The van der Waals surface area contributed by atoms with Crippen molar-refractivity contribution in [3.05, 3.63) is 48.2 Å². The van der Waals surface area contributed by atoms with Crippen molar-refractivity contribution < 1.29 is 19.4 Å². The fraction of sp³-hybridized carbons (Fsp3) is 0.231. The van der Waals surface area contributed by atoms with Crippen molar-refractivity contribution in [1.82, 2.24) is 4.90 Å². The summed E-state index contributed by atoms with van der Waals surface area (Å²) in [5, 5.41) is 8.63. The standard InChI is InChI=1S/C13H13NO4/c15-11-3-1-2-10(8-11)12-9-14(6-7-18-12)5-4-13(16)17/h1-3,6-7,9H,4-5,8H2,(H,16,17). The summed E-state index contributed by atoms with van der Waals surface area (Å²) in [4.78, 5) is 23.5. The number of ketones is 1. The molecule has 1 N–H and O–H groups in total. The van der Waals surface area contributed by atoms with Crippen LogP contribution in [0.1, 0.15) is 12.8 Å². The first-order valence-corrected chi connectivity index (χ1v) is 5.58. The lowest BCUT2D eigenvalue weighted by Gasteiger charge is -2.22. The number of allylic oxidation sites excluding steroid dienone is 4. The first kappa shape index (κ1) is 12.2. The van der Waals surface area contributed by atoms with Crippen LogP contribution in [0.25, 0.3) is 0 Å². The Balaban J connectivity index is 2.05. The fourth-order valence-corrected chi connectivity index (χ4v) is 1.67. The van der Waals surface area contributed by atoms with Crippen LogP contribution in [-0.4, -0.2) is 28.3 Å². The molecule has 0 amide bonds. The zero-order chi connectivity index (χ0) is 13.0. The van der Waals surface area contributed by atoms with E-state index >= 15 is 0 Å². The van der Waals surface area contributed by atoms with E-state index in [0.29, 0.717) is 18.7 Å². The average molecular weight is 247 g/mol. The molecule has 0 spiro atoms. The molecule has 5 heteroatoms. The van der Waals surface area contributed by atoms with Crippen LogP contribution in [0.2, 0.25) is 0 Å². The first-order valence-electron chi connectivity index (χ1n) is 5.58. The summed E-state index contributed by atoms with van der Waals surface area (Å²) in [6.07, 6.45) is 10.2. The van der Waals surface area contributed by atoms with E-state index in [4.69, 9.17) is 9.84 Å². The van der Waals surface area contributed by atoms with Gasteiger partial charge in [-0.1, -0.05) is 12.2 Å². The van der Waals surface area contributed by atoms with Crippen LogP contribution < -0.4 is 0 Å². The predicted octanol–water partition coefficient (Wildman–Crippen LogP) is 1.56. The average Bonchev–Trinajstić information content (AvgIpc) is 2.37. The molecule has 5 nitrogen and oxygen atoms in total. The van der Waals surface area contributed by atoms with Gasteiger partial charge < -0.3 is 14.7 Å². The Bertz CT molecular complexity index is 485. The monoisotopic (exact) mass is 247 g/mol. The van der Waals surface area contributed by atoms with Crippen LogP contribution in [-0.2, 0) is 14.3 Å². The van der Waals surface area contributed by atoms with E-state index in [-0.39, 0.29) is 12.2 Å². The Morgan fingerprint density at radius 1 is 1.50 bits per heavy atom. The third-order valence-corrected chi connectivity index (χ3v) is 2.57. The van der Waals surface area contributed by atoms with Crippen molar-refractivity contribution in [2.45, 2.75) is 12.8 Å². The fourth-order valence-electron chi connectivity index (χ4n) is 1.67. The third kappa shape index (κ3) is 3.10. The molecule has 1 aliphatic carbocycles. The second-order valence-electron chi connectivity index (χ2n) is 3.97. The highest BCUT2D eigenvalue weighted by molar-refractivity contribution is 5.93. The molecule has 2 rings (SSSR count). The number of rotatable bonds is 4. The van der Waals surface area contributed by atoms with Crippen molar-refractivity contribution in [3.8, 4) is 0 Å². The Hall–Kier alpha value is -2.30. The van der Waals surface area contributed by atoms with Crippen LogP contribution >= 0.6 is 0 Å². The minimum atomic E-state index is -0.847. The summed E-state index contributed by atoms with van der Waals surface area (Å²) in [5.41, 5.74) is 0.798. The number of carbonyl (C=O) groups excluding carboxylic acids is 1. The maximum Gasteiger partial charge on any atom is 0.305 e. The molecule has 0 aromatic carbocycles. The van der Waals surface area contributed by atoms with E-state index in [0.717, 1.165) is 5.57 Å². The zero-order valence-corrected chi connectivity index (χ0v) is 9.70. The smallest absolute Gasteiger partial charge is 0.305 e. The minimum Gasteiger partial charge on any atom is -0.481 e. The van der Waals surface area contributed by atoms with Gasteiger partial charge >= 0.3 is 5.97 Å². The molecule has 0 radical (unpaired) electrons. The van der Waals surface area contributed by atoms with E-state index in [1.165, 1.54) is 12.3 Å². The number of aliphatic carboxylic acids is 1. The molecule has 0 aromatic heterocycles. The van der Waals surface area contributed by atoms with Gasteiger partial charge in [-0.25, -0.2) is 0 Å². The number of carboxylic acids is 1. The second kappa shape index (κ2) is 5.35. The molecule has 0 saturated carbocycles. The summed E-state index contributed by atoms with van der Waals surface area (Å²) in [6.45, 7) is 0.371. The minimum absolute atomic E-state index is 0.0311. The van der Waals surface area contributed by atoms with Gasteiger partial charge in [0.15, 0.2) is 5.78 Å². The lowest BCUT2D eigenvalue weighted by molar-refractivity contribution is -0.137. The quantitative estimate of drug-likeness (QED) is 0.816. The SMILES string of the molecule is O=C(O)CCN1C=COC(C2=CC=CC(=O)C2)=C1. The molecular weight excluding hydrogens is 234 g/mol. The molecule has 0 unspecified atom stereocenters. The van der Waals surface area contributed by atoms with Crippen LogP contribution in [0.5, 0.6) is 0 Å². The summed E-state index contributed by atoms with van der Waals surface area (Å²) >= 11 is 0. The van der Waals surface area contributed by atoms with Crippen LogP contribution in [0, 0.1) is 0 Å². The molecule has 0 bridgehead atoms. The van der Waals surface area contributed by atoms with E-state index < -0.39 is 5.97 Å². The van der Waals surface area contributed by atoms with Crippen LogP contribution in [0.4, 0.5) is 0 Å². The number of carboxylic acid groups (broad SMARTS) is 1. The number of hydrogen-bond donors (Lipinski definition) is 1. The van der Waals surface area contributed by atoms with E-state index in [9.17, 15) is 9.59 Å². The Morgan fingerprint density at radius 3 is 3.06 bits per heavy atom. The van der Waals surface area contributed by atoms with Crippen molar-refractivity contribution >= 4 is 11.8 Å². The van der Waals surface area contributed by atoms with Gasteiger partial charge in [-0.05, 0) is 6.08 Å². The van der Waals surface area contributed by atoms with Crippen LogP contribution in [0.3, 0.4) is 0 Å². The van der Waals surface area contributed by atoms with Gasteiger partial charge in [-0.15, -0.1) is 0 Å². The molecular formula is C13H13NO4. The first-order chi connectivity index (χ1) is 8.65. The number of ether oxygens (including phenoxy) is 1. The second-order valence-corrected chi connectivity index (χ2v) is 3.97. The molecule has 0 saturated heterocycles. The summed E-state index contributed by atoms with van der Waals surface area (Å²) in [6, 6.07) is 0. The van der Waals surface area contributed by atoms with Crippen molar-refractivity contribution in [1.29, 1.82) is 0 Å². The Morgan fingerprint density at radius 2 is 2.33 bits per heavy atom. The highest BCUT2D eigenvalue weighted by Gasteiger charge is 2.16. The Labute approximate surface area is 104 Å². The van der Waals surface area contributed by atoms with E-state index in [1.54, 1.807) is 23.4 Å². The molecule has 0 fully saturated rings. The summed E-state index contributed by atoms with van der Waals surface area (Å²) in [5.74, 6) is -0.232. The lowest BCUT2D eigenvalue weighted by Crippen LogP contribution is -2.19. The molecule has 0 aromatic rings. The normalized spacial score (nSPS) is 18.2. The molecule has 1 aliphatic heterocycles. The van der Waals surface area contributed by atoms with Gasteiger partial charge in [0.05, 0.1) is 6.42 Å². The number of carbonyl (C=O) groups is 2. The molecule has 0 atom stereocenters. The van der Waals surface area contributed by atoms with Gasteiger partial charge in [0.25, 0.3) is 0 Å². The third-order valence-electron chi connectivity index (χ3n) is 2.57. The van der Waals surface area contributed by atoms with E-state index in [1.807, 2.05) is 6.08 Å². The topological polar surface area (TPSA) is 66.8 Å². The Kier molecular flexibility index (Phi) is 3.62. The van der Waals surface area contributed by atoms with Crippen molar-refractivity contribution in [2.24, 2.45) is 0 Å².